The van der Waals surface area contributed by atoms with E-state index in [1.54, 1.807) is 0 Å². The van der Waals surface area contributed by atoms with Crippen LogP contribution in [0.5, 0.6) is 0 Å². The second-order valence-corrected chi connectivity index (χ2v) is 5.51. The third-order valence-electron chi connectivity index (χ3n) is 4.68. The van der Waals surface area contributed by atoms with Crippen molar-refractivity contribution in [3.8, 4) is 0 Å². The lowest BCUT2D eigenvalue weighted by atomic mass is 9.74. The summed E-state index contributed by atoms with van der Waals surface area (Å²) in [4.78, 5) is 0. The van der Waals surface area contributed by atoms with E-state index in [2.05, 4.69) is 12.2 Å². The van der Waals surface area contributed by atoms with Gasteiger partial charge in [-0.25, -0.2) is 0 Å². The molecule has 78 valence electrons. The van der Waals surface area contributed by atoms with Gasteiger partial charge in [-0.1, -0.05) is 12.2 Å². The average molecular weight is 192 g/mol. The first-order chi connectivity index (χ1) is 6.83. The third kappa shape index (κ3) is 1.42. The van der Waals surface area contributed by atoms with Gasteiger partial charge in [-0.3, -0.25) is 0 Å². The van der Waals surface area contributed by atoms with Gasteiger partial charge in [-0.2, -0.15) is 0 Å². The van der Waals surface area contributed by atoms with Crippen molar-refractivity contribution in [2.45, 2.75) is 44.6 Å². The van der Waals surface area contributed by atoms with Crippen LogP contribution < -0.4 is 0 Å². The van der Waals surface area contributed by atoms with Gasteiger partial charge < -0.3 is 5.11 Å². The molecule has 3 aliphatic carbocycles. The lowest BCUT2D eigenvalue weighted by molar-refractivity contribution is 0.0856. The zero-order valence-electron chi connectivity index (χ0n) is 8.73. The van der Waals surface area contributed by atoms with E-state index in [0.717, 1.165) is 36.5 Å². The highest BCUT2D eigenvalue weighted by molar-refractivity contribution is 5.11. The summed E-state index contributed by atoms with van der Waals surface area (Å²) in [6.45, 7) is 0. The molecule has 0 aromatic heterocycles. The molecule has 3 atom stereocenters. The van der Waals surface area contributed by atoms with Crippen LogP contribution in [0.25, 0.3) is 0 Å². The highest BCUT2D eigenvalue weighted by Gasteiger charge is 2.40. The van der Waals surface area contributed by atoms with Crippen LogP contribution in [0, 0.1) is 23.7 Å². The molecule has 1 heteroatoms. The van der Waals surface area contributed by atoms with Gasteiger partial charge in [0.1, 0.15) is 0 Å². The Kier molecular flexibility index (Phi) is 2.16. The summed E-state index contributed by atoms with van der Waals surface area (Å²) in [6.07, 6.45) is 12.5. The molecular weight excluding hydrogens is 172 g/mol. The summed E-state index contributed by atoms with van der Waals surface area (Å²) in [5.74, 6) is 3.72. The second kappa shape index (κ2) is 3.37. The highest BCUT2D eigenvalue weighted by Crippen LogP contribution is 2.49. The largest absolute Gasteiger partial charge is 0.393 e. The number of aliphatic hydroxyl groups is 1. The molecule has 0 aliphatic heterocycles. The Labute approximate surface area is 86.2 Å². The van der Waals surface area contributed by atoms with Crippen LogP contribution in [0.3, 0.4) is 0 Å². The van der Waals surface area contributed by atoms with Crippen LogP contribution in [0.15, 0.2) is 12.2 Å². The van der Waals surface area contributed by atoms with E-state index in [4.69, 9.17) is 0 Å². The summed E-state index contributed by atoms with van der Waals surface area (Å²) in [5.41, 5.74) is 0. The molecule has 2 fully saturated rings. The van der Waals surface area contributed by atoms with E-state index in [1.165, 1.54) is 25.7 Å². The molecule has 0 radical (unpaired) electrons. The minimum absolute atomic E-state index is 0.0142. The van der Waals surface area contributed by atoms with Crippen LogP contribution >= 0.6 is 0 Å². The van der Waals surface area contributed by atoms with Crippen molar-refractivity contribution in [1.29, 1.82) is 0 Å². The number of hydrogen-bond donors (Lipinski definition) is 1. The lowest BCUT2D eigenvalue weighted by Crippen LogP contribution is -2.26. The molecule has 14 heavy (non-hydrogen) atoms. The molecule has 1 nitrogen and oxygen atoms in total. The van der Waals surface area contributed by atoms with Crippen molar-refractivity contribution in [2.24, 2.45) is 23.7 Å². The molecule has 0 aromatic rings. The molecule has 0 amide bonds. The van der Waals surface area contributed by atoms with E-state index >= 15 is 0 Å². The third-order valence-corrected chi connectivity index (χ3v) is 4.68. The summed E-state index contributed by atoms with van der Waals surface area (Å²) < 4.78 is 0. The molecule has 3 rings (SSSR count). The maximum atomic E-state index is 9.49. The number of rotatable bonds is 1. The highest BCUT2D eigenvalue weighted by atomic mass is 16.3. The zero-order chi connectivity index (χ0) is 9.54. The number of hydrogen-bond acceptors (Lipinski definition) is 1. The standard InChI is InChI=1S/C13H20O/c14-12-5-3-10(4-6-12)13-8-9-1-2-11(13)7-9/h1-2,9-14H,3-8H2. The van der Waals surface area contributed by atoms with Crippen molar-refractivity contribution in [3.63, 3.8) is 0 Å². The Morgan fingerprint density at radius 3 is 2.29 bits per heavy atom. The van der Waals surface area contributed by atoms with Crippen molar-refractivity contribution in [3.05, 3.63) is 12.2 Å². The van der Waals surface area contributed by atoms with E-state index in [0.29, 0.717) is 0 Å². The molecule has 0 aromatic carbocycles. The minimum Gasteiger partial charge on any atom is -0.393 e. The Bertz CT molecular complexity index is 238. The maximum absolute atomic E-state index is 9.49. The van der Waals surface area contributed by atoms with E-state index in [-0.39, 0.29) is 6.10 Å². The van der Waals surface area contributed by atoms with E-state index < -0.39 is 0 Å². The topological polar surface area (TPSA) is 20.2 Å². The average Bonchev–Trinajstić information content (AvgIpc) is 2.80. The quantitative estimate of drug-likeness (QED) is 0.633. The van der Waals surface area contributed by atoms with Gasteiger partial charge in [0.05, 0.1) is 6.10 Å². The van der Waals surface area contributed by atoms with Gasteiger partial charge in [-0.15, -0.1) is 0 Å². The van der Waals surface area contributed by atoms with Gasteiger partial charge in [0.25, 0.3) is 0 Å². The Hall–Kier alpha value is -0.300. The minimum atomic E-state index is 0.0142. The smallest absolute Gasteiger partial charge is 0.0540 e. The van der Waals surface area contributed by atoms with Gasteiger partial charge in [0, 0.05) is 0 Å². The first-order valence-corrected chi connectivity index (χ1v) is 6.19. The van der Waals surface area contributed by atoms with Crippen LogP contribution in [-0.2, 0) is 0 Å². The van der Waals surface area contributed by atoms with Crippen molar-refractivity contribution >= 4 is 0 Å². The fourth-order valence-corrected chi connectivity index (χ4v) is 3.90. The summed E-state index contributed by atoms with van der Waals surface area (Å²) in [6, 6.07) is 0. The van der Waals surface area contributed by atoms with Gasteiger partial charge >= 0.3 is 0 Å². The van der Waals surface area contributed by atoms with E-state index in [9.17, 15) is 5.11 Å². The summed E-state index contributed by atoms with van der Waals surface area (Å²) in [5, 5.41) is 9.49. The van der Waals surface area contributed by atoms with E-state index in [1.807, 2.05) is 0 Å². The second-order valence-electron chi connectivity index (χ2n) is 5.51. The fourth-order valence-electron chi connectivity index (χ4n) is 3.90. The number of allylic oxidation sites excluding steroid dienone is 2. The Morgan fingerprint density at radius 1 is 0.929 bits per heavy atom. The predicted octanol–water partition coefficient (Wildman–Crippen LogP) is 2.75. The molecular formula is C13H20O. The van der Waals surface area contributed by atoms with Crippen molar-refractivity contribution in [1.82, 2.24) is 0 Å². The van der Waals surface area contributed by atoms with Crippen molar-refractivity contribution < 1.29 is 5.11 Å². The maximum Gasteiger partial charge on any atom is 0.0540 e. The predicted molar refractivity (Wildman–Crippen MR) is 56.8 cm³/mol. The monoisotopic (exact) mass is 192 g/mol. The number of aliphatic hydroxyl groups excluding tert-OH is 1. The van der Waals surface area contributed by atoms with Gasteiger partial charge in [0.15, 0.2) is 0 Å². The van der Waals surface area contributed by atoms with Gasteiger partial charge in [0.2, 0.25) is 0 Å². The molecule has 2 bridgehead atoms. The molecule has 0 saturated heterocycles. The Morgan fingerprint density at radius 2 is 1.71 bits per heavy atom. The van der Waals surface area contributed by atoms with Crippen LogP contribution in [0.2, 0.25) is 0 Å². The fraction of sp³-hybridized carbons (Fsp3) is 0.846. The SMILES string of the molecule is OC1CCC(C2CC3C=CC2C3)CC1. The zero-order valence-corrected chi connectivity index (χ0v) is 8.73. The first-order valence-electron chi connectivity index (χ1n) is 6.19. The molecule has 3 unspecified atom stereocenters. The molecule has 3 aliphatic rings. The normalized spacial score (nSPS) is 51.4. The van der Waals surface area contributed by atoms with Gasteiger partial charge in [-0.05, 0) is 62.2 Å². The molecule has 0 heterocycles. The lowest BCUT2D eigenvalue weighted by Gasteiger charge is -2.33. The summed E-state index contributed by atoms with van der Waals surface area (Å²) in [7, 11) is 0. The van der Waals surface area contributed by atoms with Crippen LogP contribution in [-0.4, -0.2) is 11.2 Å². The first kappa shape index (κ1) is 8.96. The molecule has 1 N–H and O–H groups in total. The molecule has 0 spiro atoms. The Balaban J connectivity index is 1.64. The van der Waals surface area contributed by atoms with Crippen LogP contribution in [0.4, 0.5) is 0 Å². The summed E-state index contributed by atoms with van der Waals surface area (Å²) >= 11 is 0. The number of fused-ring (bicyclic) bond motifs is 2. The van der Waals surface area contributed by atoms with Crippen molar-refractivity contribution in [2.75, 3.05) is 0 Å². The van der Waals surface area contributed by atoms with Crippen LogP contribution in [0.1, 0.15) is 38.5 Å². The molecule has 2 saturated carbocycles.